The van der Waals surface area contributed by atoms with Crippen molar-refractivity contribution in [1.29, 1.82) is 0 Å². The number of aliphatic hydroxyl groups is 1. The van der Waals surface area contributed by atoms with Gasteiger partial charge < -0.3 is 15.2 Å². The highest BCUT2D eigenvalue weighted by atomic mass is 16.5. The lowest BCUT2D eigenvalue weighted by Crippen LogP contribution is -2.27. The number of benzene rings is 2. The number of nitrogens with one attached hydrogen (secondary N) is 1. The van der Waals surface area contributed by atoms with Gasteiger partial charge in [-0.2, -0.15) is 0 Å². The lowest BCUT2D eigenvalue weighted by molar-refractivity contribution is 0.271. The highest BCUT2D eigenvalue weighted by Gasteiger charge is 2.21. The lowest BCUT2D eigenvalue weighted by atomic mass is 9.94. The summed E-state index contributed by atoms with van der Waals surface area (Å²) in [5.41, 5.74) is 3.82. The maximum atomic E-state index is 9.43. The predicted octanol–water partition coefficient (Wildman–Crippen LogP) is 3.96. The molecule has 1 heterocycles. The third-order valence-electron chi connectivity index (χ3n) is 4.79. The molecule has 2 aromatic carbocycles. The first kappa shape index (κ1) is 17.0. The number of ether oxygens (including phenoxy) is 1. The smallest absolute Gasteiger partial charge is 0.124 e. The van der Waals surface area contributed by atoms with E-state index < -0.39 is 0 Å². The van der Waals surface area contributed by atoms with Crippen molar-refractivity contribution in [2.24, 2.45) is 0 Å². The molecule has 0 amide bonds. The molecule has 0 saturated carbocycles. The lowest BCUT2D eigenvalue weighted by Gasteiger charge is -2.23. The van der Waals surface area contributed by atoms with Crippen LogP contribution in [0.3, 0.4) is 0 Å². The Bertz CT molecular complexity index is 642. The number of fused-ring (bicyclic) bond motifs is 1. The van der Waals surface area contributed by atoms with E-state index in [1.54, 1.807) is 0 Å². The second-order valence-electron chi connectivity index (χ2n) is 6.61. The first-order valence-corrected chi connectivity index (χ1v) is 8.90. The fourth-order valence-electron chi connectivity index (χ4n) is 3.46. The minimum atomic E-state index is 0.213. The fourth-order valence-corrected chi connectivity index (χ4v) is 3.46. The van der Waals surface area contributed by atoms with Crippen LogP contribution in [0.1, 0.15) is 47.9 Å². The van der Waals surface area contributed by atoms with Gasteiger partial charge in [0.25, 0.3) is 0 Å². The molecule has 128 valence electrons. The Kier molecular flexibility index (Phi) is 5.89. The molecule has 0 aliphatic carbocycles. The average molecular weight is 325 g/mol. The van der Waals surface area contributed by atoms with Gasteiger partial charge in [0.05, 0.1) is 6.61 Å². The number of hydrogen-bond donors (Lipinski definition) is 2. The van der Waals surface area contributed by atoms with Crippen LogP contribution in [0.15, 0.2) is 48.5 Å². The van der Waals surface area contributed by atoms with Gasteiger partial charge in [0.1, 0.15) is 5.75 Å². The number of aliphatic hydroxyl groups excluding tert-OH is 1. The minimum Gasteiger partial charge on any atom is -0.493 e. The van der Waals surface area contributed by atoms with Crippen LogP contribution >= 0.6 is 0 Å². The fraction of sp³-hybridized carbons (Fsp3) is 0.429. The number of rotatable bonds is 6. The Morgan fingerprint density at radius 1 is 1.21 bits per heavy atom. The van der Waals surface area contributed by atoms with Crippen LogP contribution in [0.2, 0.25) is 0 Å². The van der Waals surface area contributed by atoms with Crippen LogP contribution in [0.25, 0.3) is 0 Å². The molecule has 1 aliphatic rings. The van der Waals surface area contributed by atoms with E-state index in [1.807, 2.05) is 6.07 Å². The molecular formula is C21H27NO2. The van der Waals surface area contributed by atoms with E-state index in [2.05, 4.69) is 54.7 Å². The van der Waals surface area contributed by atoms with Gasteiger partial charge in [0, 0.05) is 24.8 Å². The van der Waals surface area contributed by atoms with Crippen LogP contribution in [-0.4, -0.2) is 24.9 Å². The molecule has 2 N–H and O–H groups in total. The summed E-state index contributed by atoms with van der Waals surface area (Å²) in [5.74, 6) is 1.34. The van der Waals surface area contributed by atoms with Crippen molar-refractivity contribution in [2.45, 2.75) is 38.1 Å². The largest absolute Gasteiger partial charge is 0.493 e. The molecule has 24 heavy (non-hydrogen) atoms. The molecule has 0 radical (unpaired) electrons. The second kappa shape index (κ2) is 8.32. The van der Waals surface area contributed by atoms with Crippen LogP contribution in [0.4, 0.5) is 0 Å². The summed E-state index contributed by atoms with van der Waals surface area (Å²) in [6.07, 6.45) is 2.92. The molecule has 1 aliphatic heterocycles. The van der Waals surface area contributed by atoms with Crippen molar-refractivity contribution in [3.63, 3.8) is 0 Å². The monoisotopic (exact) mass is 325 g/mol. The molecule has 0 bridgehead atoms. The average Bonchev–Trinajstić information content (AvgIpc) is 2.81. The Morgan fingerprint density at radius 3 is 2.83 bits per heavy atom. The third kappa shape index (κ3) is 4.16. The number of hydrogen-bond acceptors (Lipinski definition) is 3. The summed E-state index contributed by atoms with van der Waals surface area (Å²) in [6.45, 7) is 3.99. The molecular weight excluding hydrogens is 298 g/mol. The highest BCUT2D eigenvalue weighted by molar-refractivity contribution is 5.39. The molecule has 3 heteroatoms. The van der Waals surface area contributed by atoms with Crippen molar-refractivity contribution in [1.82, 2.24) is 5.32 Å². The SMILES string of the molecule is Cc1ccc2c(c1)C(NCC(CCO)c1ccccc1)CCCO2. The molecule has 0 fully saturated rings. The van der Waals surface area contributed by atoms with Gasteiger partial charge in [-0.15, -0.1) is 0 Å². The van der Waals surface area contributed by atoms with E-state index in [0.717, 1.165) is 38.2 Å². The van der Waals surface area contributed by atoms with E-state index in [9.17, 15) is 5.11 Å². The minimum absolute atomic E-state index is 0.213. The molecule has 3 nitrogen and oxygen atoms in total. The quantitative estimate of drug-likeness (QED) is 0.844. The van der Waals surface area contributed by atoms with Crippen LogP contribution in [0.5, 0.6) is 5.75 Å². The second-order valence-corrected chi connectivity index (χ2v) is 6.61. The Balaban J connectivity index is 1.74. The number of aryl methyl sites for hydroxylation is 1. The molecule has 2 unspecified atom stereocenters. The molecule has 2 aromatic rings. The first-order chi connectivity index (χ1) is 11.8. The summed E-state index contributed by atoms with van der Waals surface area (Å²) in [7, 11) is 0. The summed E-state index contributed by atoms with van der Waals surface area (Å²) in [6, 6.07) is 17.2. The molecule has 2 atom stereocenters. The first-order valence-electron chi connectivity index (χ1n) is 8.90. The van der Waals surface area contributed by atoms with Crippen LogP contribution in [-0.2, 0) is 0 Å². The van der Waals surface area contributed by atoms with Crippen molar-refractivity contribution in [3.05, 3.63) is 65.2 Å². The standard InChI is InChI=1S/C21H27NO2/c1-16-9-10-21-19(14-16)20(8-5-13-24-21)22-15-18(11-12-23)17-6-3-2-4-7-17/h2-4,6-7,9-10,14,18,20,22-23H,5,8,11-13,15H2,1H3. The van der Waals surface area contributed by atoms with Crippen molar-refractivity contribution in [2.75, 3.05) is 19.8 Å². The third-order valence-corrected chi connectivity index (χ3v) is 4.79. The van der Waals surface area contributed by atoms with Gasteiger partial charge in [0.15, 0.2) is 0 Å². The summed E-state index contributed by atoms with van der Waals surface area (Å²) >= 11 is 0. The van der Waals surface area contributed by atoms with Gasteiger partial charge in [0.2, 0.25) is 0 Å². The molecule has 0 spiro atoms. The summed E-state index contributed by atoms with van der Waals surface area (Å²) in [5, 5.41) is 13.2. The van der Waals surface area contributed by atoms with Crippen LogP contribution in [0, 0.1) is 6.92 Å². The highest BCUT2D eigenvalue weighted by Crippen LogP contribution is 2.33. The van der Waals surface area contributed by atoms with E-state index in [0.29, 0.717) is 12.0 Å². The maximum Gasteiger partial charge on any atom is 0.124 e. The zero-order chi connectivity index (χ0) is 16.8. The predicted molar refractivity (Wildman–Crippen MR) is 97.5 cm³/mol. The van der Waals surface area contributed by atoms with E-state index >= 15 is 0 Å². The van der Waals surface area contributed by atoms with Gasteiger partial charge in [-0.3, -0.25) is 0 Å². The van der Waals surface area contributed by atoms with Gasteiger partial charge in [-0.25, -0.2) is 0 Å². The van der Waals surface area contributed by atoms with Gasteiger partial charge in [-0.1, -0.05) is 48.0 Å². The van der Waals surface area contributed by atoms with Gasteiger partial charge in [-0.05, 0) is 43.7 Å². The van der Waals surface area contributed by atoms with Gasteiger partial charge >= 0.3 is 0 Å². The normalized spacial score (nSPS) is 18.3. The molecule has 3 rings (SSSR count). The van der Waals surface area contributed by atoms with E-state index in [4.69, 9.17) is 4.74 Å². The Labute approximate surface area is 144 Å². The van der Waals surface area contributed by atoms with Crippen molar-refractivity contribution >= 4 is 0 Å². The zero-order valence-electron chi connectivity index (χ0n) is 14.4. The Morgan fingerprint density at radius 2 is 2.04 bits per heavy atom. The molecule has 0 saturated heterocycles. The van der Waals surface area contributed by atoms with Crippen molar-refractivity contribution < 1.29 is 9.84 Å². The summed E-state index contributed by atoms with van der Waals surface area (Å²) < 4.78 is 5.89. The Hall–Kier alpha value is -1.84. The van der Waals surface area contributed by atoms with Crippen molar-refractivity contribution in [3.8, 4) is 5.75 Å². The zero-order valence-corrected chi connectivity index (χ0v) is 14.4. The van der Waals surface area contributed by atoms with E-state index in [-0.39, 0.29) is 6.61 Å². The van der Waals surface area contributed by atoms with E-state index in [1.165, 1.54) is 16.7 Å². The van der Waals surface area contributed by atoms with Crippen LogP contribution < -0.4 is 10.1 Å². The topological polar surface area (TPSA) is 41.5 Å². The molecule has 0 aromatic heterocycles. The summed E-state index contributed by atoms with van der Waals surface area (Å²) in [4.78, 5) is 0. The maximum absolute atomic E-state index is 9.43.